The van der Waals surface area contributed by atoms with E-state index in [4.69, 9.17) is 10.2 Å². The lowest BCUT2D eigenvalue weighted by atomic mass is 10.5. The molecule has 10 heavy (non-hydrogen) atoms. The zero-order valence-electron chi connectivity index (χ0n) is 7.13. The van der Waals surface area contributed by atoms with Crippen molar-refractivity contribution in [1.82, 2.24) is 6.15 Å². The fourth-order valence-corrected chi connectivity index (χ4v) is 0. The minimum Gasteiger partial charge on any atom is -0.870 e. The van der Waals surface area contributed by atoms with Gasteiger partial charge in [0.05, 0.1) is 0 Å². The Balaban J connectivity index is -0.0000000131. The van der Waals surface area contributed by atoms with Gasteiger partial charge in [-0.1, -0.05) is 0 Å². The predicted molar refractivity (Wildman–Crippen MR) is 41.6 cm³/mol. The molecule has 0 rings (SSSR count). The third-order valence-electron chi connectivity index (χ3n) is 0. The SMILES string of the molecule is CC(C)O.CCO.O.[NH4+].[OH-]. The largest absolute Gasteiger partial charge is 0.870 e. The van der Waals surface area contributed by atoms with Crippen LogP contribution in [0.15, 0.2) is 0 Å². The molecule has 0 amide bonds. The van der Waals surface area contributed by atoms with Gasteiger partial charge in [0.2, 0.25) is 0 Å². The summed E-state index contributed by atoms with van der Waals surface area (Å²) in [6, 6.07) is 0. The first kappa shape index (κ1) is 32.9. The first-order valence-corrected chi connectivity index (χ1v) is 2.44. The van der Waals surface area contributed by atoms with Crippen molar-refractivity contribution in [3.8, 4) is 0 Å². The number of rotatable bonds is 0. The molecular formula is C5H21NO4. The highest BCUT2D eigenvalue weighted by Crippen LogP contribution is 1.65. The lowest BCUT2D eigenvalue weighted by Crippen LogP contribution is -1.85. The second-order valence-electron chi connectivity index (χ2n) is 1.41. The summed E-state index contributed by atoms with van der Waals surface area (Å²) in [5, 5.41) is 15.6. The molecule has 0 bridgehead atoms. The fourth-order valence-electron chi connectivity index (χ4n) is 0. The maximum atomic E-state index is 8.06. The Morgan fingerprint density at radius 3 is 1.30 bits per heavy atom. The topological polar surface area (TPSA) is 138 Å². The van der Waals surface area contributed by atoms with Gasteiger partial charge in [-0.25, -0.2) is 0 Å². The monoisotopic (exact) mass is 159 g/mol. The third-order valence-corrected chi connectivity index (χ3v) is 0. The van der Waals surface area contributed by atoms with Gasteiger partial charge in [0.1, 0.15) is 0 Å². The first-order chi connectivity index (χ1) is 3.15. The van der Waals surface area contributed by atoms with E-state index >= 15 is 0 Å². The van der Waals surface area contributed by atoms with Crippen LogP contribution in [0.4, 0.5) is 0 Å². The van der Waals surface area contributed by atoms with Crippen LogP contribution in [0.3, 0.4) is 0 Å². The Morgan fingerprint density at radius 2 is 1.30 bits per heavy atom. The van der Waals surface area contributed by atoms with Crippen LogP contribution in [0.2, 0.25) is 0 Å². The van der Waals surface area contributed by atoms with Gasteiger partial charge >= 0.3 is 0 Å². The first-order valence-electron chi connectivity index (χ1n) is 2.44. The highest BCUT2D eigenvalue weighted by molar-refractivity contribution is 4.20. The molecule has 9 N–H and O–H groups in total. The van der Waals surface area contributed by atoms with Crippen molar-refractivity contribution in [2.24, 2.45) is 0 Å². The van der Waals surface area contributed by atoms with Gasteiger partial charge in [-0.15, -0.1) is 0 Å². The molecule has 0 atom stereocenters. The van der Waals surface area contributed by atoms with Crippen LogP contribution in [0, 0.1) is 0 Å². The van der Waals surface area contributed by atoms with Crippen LogP contribution in [0.1, 0.15) is 20.8 Å². The summed E-state index contributed by atoms with van der Waals surface area (Å²) in [5.41, 5.74) is 0. The molecule has 0 fully saturated rings. The summed E-state index contributed by atoms with van der Waals surface area (Å²) in [4.78, 5) is 0. The second kappa shape index (κ2) is 37.1. The van der Waals surface area contributed by atoms with Crippen LogP contribution in [-0.2, 0) is 0 Å². The highest BCUT2D eigenvalue weighted by atomic mass is 16.3. The van der Waals surface area contributed by atoms with Crippen molar-refractivity contribution in [1.29, 1.82) is 0 Å². The van der Waals surface area contributed by atoms with E-state index < -0.39 is 0 Å². The molecule has 0 saturated carbocycles. The van der Waals surface area contributed by atoms with Crippen molar-refractivity contribution in [2.45, 2.75) is 26.9 Å². The van der Waals surface area contributed by atoms with E-state index in [1.165, 1.54) is 0 Å². The molecule has 0 aliphatic carbocycles. The van der Waals surface area contributed by atoms with Crippen LogP contribution in [0.5, 0.6) is 0 Å². The zero-order valence-corrected chi connectivity index (χ0v) is 7.13. The van der Waals surface area contributed by atoms with E-state index in [0.29, 0.717) is 0 Å². The molecule has 0 aromatic rings. The molecule has 5 heteroatoms. The summed E-state index contributed by atoms with van der Waals surface area (Å²) < 4.78 is 0. The summed E-state index contributed by atoms with van der Waals surface area (Å²) in [6.45, 7) is 5.38. The molecule has 0 aromatic heterocycles. The van der Waals surface area contributed by atoms with Gasteiger partial charge in [-0.3, -0.25) is 0 Å². The van der Waals surface area contributed by atoms with Gasteiger partial charge < -0.3 is 27.3 Å². The van der Waals surface area contributed by atoms with E-state index in [1.54, 1.807) is 20.8 Å². The Hall–Kier alpha value is -0.200. The molecule has 0 heterocycles. The molecular weight excluding hydrogens is 138 g/mol. The molecule has 0 unspecified atom stereocenters. The predicted octanol–water partition coefficient (Wildman–Crippen LogP) is -0.240. The van der Waals surface area contributed by atoms with Crippen molar-refractivity contribution < 1.29 is 21.2 Å². The minimum atomic E-state index is -0.167. The van der Waals surface area contributed by atoms with Crippen LogP contribution < -0.4 is 6.15 Å². The highest BCUT2D eigenvalue weighted by Gasteiger charge is 1.69. The minimum absolute atomic E-state index is 0. The lowest BCUT2D eigenvalue weighted by molar-refractivity contribution is 0.216. The normalized spacial score (nSPS) is 5.40. The Morgan fingerprint density at radius 1 is 1.30 bits per heavy atom. The maximum Gasteiger partial charge on any atom is 0.0483 e. The molecule has 0 radical (unpaired) electrons. The number of hydrogen-bond donors (Lipinski definition) is 3. The molecule has 0 spiro atoms. The average Bonchev–Trinajstić information content (AvgIpc) is 1.33. The average molecular weight is 159 g/mol. The van der Waals surface area contributed by atoms with Gasteiger partial charge in [-0.05, 0) is 20.8 Å². The van der Waals surface area contributed by atoms with E-state index in [2.05, 4.69) is 0 Å². The van der Waals surface area contributed by atoms with Gasteiger partial charge in [0.25, 0.3) is 0 Å². The molecule has 5 nitrogen and oxygen atoms in total. The van der Waals surface area contributed by atoms with Crippen molar-refractivity contribution >= 4 is 0 Å². The molecule has 0 saturated heterocycles. The van der Waals surface area contributed by atoms with Gasteiger partial charge in [0.15, 0.2) is 0 Å². The number of aliphatic hydroxyl groups is 2. The van der Waals surface area contributed by atoms with Crippen LogP contribution in [0.25, 0.3) is 0 Å². The summed E-state index contributed by atoms with van der Waals surface area (Å²) >= 11 is 0. The Labute approximate surface area is 61.9 Å². The Bertz CT molecular complexity index is 24.9. The Kier molecular flexibility index (Phi) is 122. The lowest BCUT2D eigenvalue weighted by Gasteiger charge is -1.80. The molecule has 0 aliphatic heterocycles. The fraction of sp³-hybridized carbons (Fsp3) is 1.00. The standard InChI is InChI=1S/C3H8O.C2H6O.H3N.2H2O/c1-3(2)4;1-2-3;;;/h3-4H,1-2H3;3H,2H2,1H3;1H3;2*1H2. The van der Waals surface area contributed by atoms with E-state index in [0.717, 1.165) is 0 Å². The zero-order chi connectivity index (χ0) is 6.28. The van der Waals surface area contributed by atoms with Gasteiger partial charge in [0, 0.05) is 12.7 Å². The van der Waals surface area contributed by atoms with Crippen molar-refractivity contribution in [3.05, 3.63) is 0 Å². The smallest absolute Gasteiger partial charge is 0.0483 e. The quantitative estimate of drug-likeness (QED) is 0.449. The van der Waals surface area contributed by atoms with Crippen LogP contribution >= 0.6 is 0 Å². The molecule has 70 valence electrons. The van der Waals surface area contributed by atoms with Crippen molar-refractivity contribution in [2.75, 3.05) is 6.61 Å². The number of hydrogen-bond acceptors (Lipinski definition) is 3. The second-order valence-corrected chi connectivity index (χ2v) is 1.41. The van der Waals surface area contributed by atoms with Crippen molar-refractivity contribution in [3.63, 3.8) is 0 Å². The molecule has 0 aromatic carbocycles. The number of quaternary nitrogens is 1. The molecule has 0 aliphatic rings. The van der Waals surface area contributed by atoms with Crippen LogP contribution in [-0.4, -0.2) is 33.9 Å². The summed E-state index contributed by atoms with van der Waals surface area (Å²) in [5.74, 6) is 0. The summed E-state index contributed by atoms with van der Waals surface area (Å²) in [6.07, 6.45) is -0.167. The van der Waals surface area contributed by atoms with Gasteiger partial charge in [-0.2, -0.15) is 0 Å². The maximum absolute atomic E-state index is 8.06. The van der Waals surface area contributed by atoms with E-state index in [1.807, 2.05) is 0 Å². The third kappa shape index (κ3) is 9020. The van der Waals surface area contributed by atoms with E-state index in [-0.39, 0.29) is 29.8 Å². The number of aliphatic hydroxyl groups excluding tert-OH is 2. The summed E-state index contributed by atoms with van der Waals surface area (Å²) in [7, 11) is 0. The van der Waals surface area contributed by atoms with E-state index in [9.17, 15) is 0 Å².